The van der Waals surface area contributed by atoms with Crippen LogP contribution in [0.3, 0.4) is 0 Å². The standard InChI is InChI=1S/C15H32N4O.ClH/c1-4-13(3)14(16)15(20)17-7-6-8-19-11-9-18(5-2)10-12-19;/h13-14H,4-12,16H2,1-3H3,(H,17,20);1H. The number of piperazine rings is 1. The van der Waals surface area contributed by atoms with Crippen LogP contribution in [0.4, 0.5) is 0 Å². The van der Waals surface area contributed by atoms with E-state index in [-0.39, 0.29) is 30.3 Å². The van der Waals surface area contributed by atoms with E-state index in [0.717, 1.165) is 45.6 Å². The van der Waals surface area contributed by atoms with Crippen LogP contribution in [0.2, 0.25) is 0 Å². The molecule has 2 unspecified atom stereocenters. The molecule has 1 fully saturated rings. The molecule has 0 aromatic carbocycles. The fourth-order valence-corrected chi connectivity index (χ4v) is 2.47. The van der Waals surface area contributed by atoms with Gasteiger partial charge in [-0.3, -0.25) is 4.79 Å². The van der Waals surface area contributed by atoms with Crippen molar-refractivity contribution >= 4 is 18.3 Å². The summed E-state index contributed by atoms with van der Waals surface area (Å²) in [7, 11) is 0. The number of halogens is 1. The largest absolute Gasteiger partial charge is 0.355 e. The fraction of sp³-hybridized carbons (Fsp3) is 0.933. The van der Waals surface area contributed by atoms with E-state index in [2.05, 4.69) is 29.0 Å². The van der Waals surface area contributed by atoms with E-state index in [1.54, 1.807) is 0 Å². The lowest BCUT2D eigenvalue weighted by Crippen LogP contribution is -2.47. The third kappa shape index (κ3) is 7.45. The van der Waals surface area contributed by atoms with Gasteiger partial charge >= 0.3 is 0 Å². The lowest BCUT2D eigenvalue weighted by molar-refractivity contribution is -0.123. The highest BCUT2D eigenvalue weighted by Crippen LogP contribution is 2.05. The van der Waals surface area contributed by atoms with Gasteiger partial charge in [-0.25, -0.2) is 0 Å². The summed E-state index contributed by atoms with van der Waals surface area (Å²) < 4.78 is 0. The minimum absolute atomic E-state index is 0. The number of carbonyl (C=O) groups excluding carboxylic acids is 1. The maximum Gasteiger partial charge on any atom is 0.237 e. The van der Waals surface area contributed by atoms with E-state index in [4.69, 9.17) is 5.73 Å². The summed E-state index contributed by atoms with van der Waals surface area (Å²) in [6.45, 7) is 13.9. The van der Waals surface area contributed by atoms with Crippen molar-refractivity contribution in [3.05, 3.63) is 0 Å². The molecule has 1 aliphatic rings. The summed E-state index contributed by atoms with van der Waals surface area (Å²) in [6, 6.07) is -0.368. The zero-order valence-electron chi connectivity index (χ0n) is 13.8. The SMILES string of the molecule is CCC(C)C(N)C(=O)NCCCN1CCN(CC)CC1.Cl. The van der Waals surface area contributed by atoms with E-state index < -0.39 is 0 Å². The first-order valence-electron chi connectivity index (χ1n) is 8.06. The first-order chi connectivity index (χ1) is 9.58. The number of nitrogens with two attached hydrogens (primary N) is 1. The van der Waals surface area contributed by atoms with Crippen LogP contribution in [0.25, 0.3) is 0 Å². The molecule has 2 atom stereocenters. The van der Waals surface area contributed by atoms with Gasteiger partial charge in [0.2, 0.25) is 5.91 Å². The second kappa shape index (κ2) is 11.2. The van der Waals surface area contributed by atoms with Crippen molar-refractivity contribution < 1.29 is 4.79 Å². The average Bonchev–Trinajstić information content (AvgIpc) is 2.50. The van der Waals surface area contributed by atoms with E-state index in [1.165, 1.54) is 13.1 Å². The van der Waals surface area contributed by atoms with Crippen molar-refractivity contribution in [1.82, 2.24) is 15.1 Å². The van der Waals surface area contributed by atoms with Crippen LogP contribution in [0.5, 0.6) is 0 Å². The van der Waals surface area contributed by atoms with Crippen LogP contribution in [0.15, 0.2) is 0 Å². The number of nitrogens with one attached hydrogen (secondary N) is 1. The number of nitrogens with zero attached hydrogens (tertiary/aromatic N) is 2. The van der Waals surface area contributed by atoms with Crippen LogP contribution in [0.1, 0.15) is 33.6 Å². The lowest BCUT2D eigenvalue weighted by atomic mass is 9.99. The van der Waals surface area contributed by atoms with Crippen molar-refractivity contribution in [1.29, 1.82) is 0 Å². The molecule has 21 heavy (non-hydrogen) atoms. The predicted molar refractivity (Wildman–Crippen MR) is 90.9 cm³/mol. The summed E-state index contributed by atoms with van der Waals surface area (Å²) in [5, 5.41) is 2.96. The molecule has 0 aromatic heterocycles. The zero-order chi connectivity index (χ0) is 15.0. The van der Waals surface area contributed by atoms with Crippen molar-refractivity contribution in [3.8, 4) is 0 Å². The van der Waals surface area contributed by atoms with E-state index in [1.807, 2.05) is 6.92 Å². The van der Waals surface area contributed by atoms with Crippen LogP contribution in [-0.4, -0.2) is 67.6 Å². The number of amides is 1. The molecule has 0 saturated carbocycles. The predicted octanol–water partition coefficient (Wildman–Crippen LogP) is 0.925. The van der Waals surface area contributed by atoms with Gasteiger partial charge in [0.25, 0.3) is 0 Å². The smallest absolute Gasteiger partial charge is 0.237 e. The van der Waals surface area contributed by atoms with Gasteiger partial charge in [0.15, 0.2) is 0 Å². The van der Waals surface area contributed by atoms with Gasteiger partial charge in [-0.15, -0.1) is 12.4 Å². The van der Waals surface area contributed by atoms with Gasteiger partial charge in [-0.1, -0.05) is 27.2 Å². The van der Waals surface area contributed by atoms with Crippen LogP contribution in [-0.2, 0) is 4.79 Å². The van der Waals surface area contributed by atoms with Gasteiger partial charge in [-0.05, 0) is 25.4 Å². The molecule has 1 rings (SSSR count). The number of likely N-dealkylation sites (N-methyl/N-ethyl adjacent to an activating group) is 1. The Morgan fingerprint density at radius 2 is 1.76 bits per heavy atom. The van der Waals surface area contributed by atoms with E-state index >= 15 is 0 Å². The molecule has 6 heteroatoms. The van der Waals surface area contributed by atoms with Gasteiger partial charge in [0.05, 0.1) is 6.04 Å². The van der Waals surface area contributed by atoms with Gasteiger partial charge in [0, 0.05) is 32.7 Å². The molecule has 1 amide bonds. The Hall–Kier alpha value is -0.360. The molecule has 3 N–H and O–H groups in total. The summed E-state index contributed by atoms with van der Waals surface area (Å²) in [5.74, 6) is 0.243. The van der Waals surface area contributed by atoms with Crippen molar-refractivity contribution in [2.24, 2.45) is 11.7 Å². The first-order valence-corrected chi connectivity index (χ1v) is 8.06. The summed E-state index contributed by atoms with van der Waals surface area (Å²) in [6.07, 6.45) is 1.95. The minimum atomic E-state index is -0.368. The molecule has 1 heterocycles. The summed E-state index contributed by atoms with van der Waals surface area (Å²) >= 11 is 0. The van der Waals surface area contributed by atoms with Crippen LogP contribution in [0, 0.1) is 5.92 Å². The van der Waals surface area contributed by atoms with Gasteiger partial charge in [0.1, 0.15) is 0 Å². The zero-order valence-corrected chi connectivity index (χ0v) is 14.6. The Morgan fingerprint density at radius 3 is 2.29 bits per heavy atom. The Morgan fingerprint density at radius 1 is 1.19 bits per heavy atom. The van der Waals surface area contributed by atoms with Crippen LogP contribution >= 0.6 is 12.4 Å². The molecule has 0 bridgehead atoms. The topological polar surface area (TPSA) is 61.6 Å². The number of hydrogen-bond donors (Lipinski definition) is 2. The highest BCUT2D eigenvalue weighted by molar-refractivity contribution is 5.85. The Bertz CT molecular complexity index is 283. The van der Waals surface area contributed by atoms with Gasteiger partial charge < -0.3 is 20.9 Å². The molecule has 0 radical (unpaired) electrons. The lowest BCUT2D eigenvalue weighted by Gasteiger charge is -2.34. The Balaban J connectivity index is 0.00000400. The molecule has 126 valence electrons. The molecule has 5 nitrogen and oxygen atoms in total. The monoisotopic (exact) mass is 320 g/mol. The van der Waals surface area contributed by atoms with Crippen LogP contribution < -0.4 is 11.1 Å². The normalized spacial score (nSPS) is 19.6. The molecular weight excluding hydrogens is 288 g/mol. The third-order valence-electron chi connectivity index (χ3n) is 4.42. The number of hydrogen-bond acceptors (Lipinski definition) is 4. The molecule has 0 aliphatic carbocycles. The minimum Gasteiger partial charge on any atom is -0.355 e. The summed E-state index contributed by atoms with van der Waals surface area (Å²) in [4.78, 5) is 16.8. The average molecular weight is 321 g/mol. The van der Waals surface area contributed by atoms with Crippen molar-refractivity contribution in [2.45, 2.75) is 39.7 Å². The van der Waals surface area contributed by atoms with E-state index in [9.17, 15) is 4.79 Å². The second-order valence-corrected chi connectivity index (χ2v) is 5.83. The highest BCUT2D eigenvalue weighted by Gasteiger charge is 2.19. The highest BCUT2D eigenvalue weighted by atomic mass is 35.5. The molecular formula is C15H33ClN4O. The second-order valence-electron chi connectivity index (χ2n) is 5.83. The Kier molecular flexibility index (Phi) is 11.0. The maximum atomic E-state index is 11.8. The van der Waals surface area contributed by atoms with Crippen molar-refractivity contribution in [3.63, 3.8) is 0 Å². The van der Waals surface area contributed by atoms with Crippen molar-refractivity contribution in [2.75, 3.05) is 45.8 Å². The maximum absolute atomic E-state index is 11.8. The molecule has 1 saturated heterocycles. The fourth-order valence-electron chi connectivity index (χ4n) is 2.47. The molecule has 0 aromatic rings. The van der Waals surface area contributed by atoms with E-state index in [0.29, 0.717) is 0 Å². The number of rotatable bonds is 8. The quantitative estimate of drug-likeness (QED) is 0.653. The molecule has 0 spiro atoms. The molecule has 1 aliphatic heterocycles. The first kappa shape index (κ1) is 20.6. The van der Waals surface area contributed by atoms with Gasteiger partial charge in [-0.2, -0.15) is 0 Å². The number of carbonyl (C=O) groups is 1. The summed E-state index contributed by atoms with van der Waals surface area (Å²) in [5.41, 5.74) is 5.90. The third-order valence-corrected chi connectivity index (χ3v) is 4.42. The Labute approximate surface area is 136 Å².